The molecule has 0 aromatic rings. The number of hydrogen-bond donors (Lipinski definition) is 3. The first-order chi connectivity index (χ1) is 6.70. The van der Waals surface area contributed by atoms with Crippen LogP contribution in [0.5, 0.6) is 0 Å². The Morgan fingerprint density at radius 2 is 2.43 bits per heavy atom. The number of nitrogens with zero attached hydrogens (tertiary/aromatic N) is 1. The number of carbonyl (C=O) groups is 1. The minimum absolute atomic E-state index is 0.0252. The molecule has 1 fully saturated rings. The zero-order valence-electron chi connectivity index (χ0n) is 8.25. The molecule has 14 heavy (non-hydrogen) atoms. The molecule has 1 heterocycles. The Morgan fingerprint density at radius 1 is 1.64 bits per heavy atom. The predicted molar refractivity (Wildman–Crippen MR) is 53.7 cm³/mol. The molecule has 0 bridgehead atoms. The van der Waals surface area contributed by atoms with Crippen LogP contribution in [0, 0.1) is 5.41 Å². The maximum atomic E-state index is 10.2. The van der Waals surface area contributed by atoms with Crippen molar-refractivity contribution in [2.45, 2.75) is 19.3 Å². The first-order valence-corrected chi connectivity index (χ1v) is 4.95. The topological polar surface area (TPSA) is 76.4 Å². The molecular weight excluding hydrogens is 182 g/mol. The highest BCUT2D eigenvalue weighted by molar-refractivity contribution is 5.80. The highest BCUT2D eigenvalue weighted by Gasteiger charge is 2.15. The number of nitrogens with one attached hydrogen (secondary N) is 2. The zero-order valence-corrected chi connectivity index (χ0v) is 8.25. The quantitative estimate of drug-likeness (QED) is 0.531. The standard InChI is InChI=1S/C9H17N3O2/c10-8-3-1-5-12(8)6-2-4-11-7-9(13)14/h10-11H,1-7H2,(H,13,14). The Hall–Kier alpha value is -1.10. The van der Waals surface area contributed by atoms with Crippen LogP contribution in [0.15, 0.2) is 0 Å². The van der Waals surface area contributed by atoms with Crippen LogP contribution in [0.4, 0.5) is 0 Å². The normalized spacial score (nSPS) is 16.3. The second-order valence-corrected chi connectivity index (χ2v) is 3.46. The van der Waals surface area contributed by atoms with Gasteiger partial charge in [-0.1, -0.05) is 0 Å². The Bertz CT molecular complexity index is 218. The lowest BCUT2D eigenvalue weighted by molar-refractivity contribution is -0.135. The molecule has 0 spiro atoms. The van der Waals surface area contributed by atoms with Gasteiger partial charge in [0.1, 0.15) is 0 Å². The Labute approximate surface area is 83.6 Å². The van der Waals surface area contributed by atoms with Crippen LogP contribution in [-0.2, 0) is 4.79 Å². The molecule has 0 saturated carbocycles. The van der Waals surface area contributed by atoms with Crippen molar-refractivity contribution in [2.75, 3.05) is 26.2 Å². The summed E-state index contributed by atoms with van der Waals surface area (Å²) in [6, 6.07) is 0. The van der Waals surface area contributed by atoms with E-state index in [0.717, 1.165) is 38.2 Å². The van der Waals surface area contributed by atoms with E-state index in [1.807, 2.05) is 0 Å². The van der Waals surface area contributed by atoms with E-state index in [9.17, 15) is 4.79 Å². The molecule has 0 unspecified atom stereocenters. The van der Waals surface area contributed by atoms with Crippen LogP contribution in [0.2, 0.25) is 0 Å². The number of carboxylic acid groups (broad SMARTS) is 1. The van der Waals surface area contributed by atoms with Crippen molar-refractivity contribution < 1.29 is 9.90 Å². The molecule has 1 aliphatic rings. The molecule has 3 N–H and O–H groups in total. The smallest absolute Gasteiger partial charge is 0.317 e. The van der Waals surface area contributed by atoms with Crippen molar-refractivity contribution in [3.05, 3.63) is 0 Å². The fraction of sp³-hybridized carbons (Fsp3) is 0.778. The largest absolute Gasteiger partial charge is 0.480 e. The summed E-state index contributed by atoms with van der Waals surface area (Å²) in [7, 11) is 0. The van der Waals surface area contributed by atoms with Crippen molar-refractivity contribution in [1.82, 2.24) is 10.2 Å². The first kappa shape index (κ1) is 11.0. The van der Waals surface area contributed by atoms with E-state index in [-0.39, 0.29) is 6.54 Å². The van der Waals surface area contributed by atoms with Gasteiger partial charge in [0.25, 0.3) is 0 Å². The van der Waals surface area contributed by atoms with Crippen LogP contribution >= 0.6 is 0 Å². The van der Waals surface area contributed by atoms with Crippen molar-refractivity contribution >= 4 is 11.8 Å². The molecule has 5 heteroatoms. The lowest BCUT2D eigenvalue weighted by atomic mass is 10.4. The van der Waals surface area contributed by atoms with Crippen LogP contribution in [0.25, 0.3) is 0 Å². The summed E-state index contributed by atoms with van der Waals surface area (Å²) < 4.78 is 0. The van der Waals surface area contributed by atoms with Gasteiger partial charge in [0, 0.05) is 19.5 Å². The molecule has 0 amide bonds. The van der Waals surface area contributed by atoms with Gasteiger partial charge in [-0.3, -0.25) is 10.2 Å². The van der Waals surface area contributed by atoms with Crippen LogP contribution in [0.3, 0.4) is 0 Å². The second-order valence-electron chi connectivity index (χ2n) is 3.46. The van der Waals surface area contributed by atoms with Gasteiger partial charge < -0.3 is 15.3 Å². The van der Waals surface area contributed by atoms with Crippen LogP contribution < -0.4 is 5.32 Å². The van der Waals surface area contributed by atoms with Crippen molar-refractivity contribution in [3.63, 3.8) is 0 Å². The molecule has 0 aromatic carbocycles. The van der Waals surface area contributed by atoms with E-state index < -0.39 is 5.97 Å². The minimum atomic E-state index is -0.820. The lowest BCUT2D eigenvalue weighted by Gasteiger charge is -2.17. The van der Waals surface area contributed by atoms with E-state index in [1.165, 1.54) is 0 Å². The fourth-order valence-corrected chi connectivity index (χ4v) is 1.57. The summed E-state index contributed by atoms with van der Waals surface area (Å²) in [5.41, 5.74) is 0. The Morgan fingerprint density at radius 3 is 3.00 bits per heavy atom. The molecule has 0 aliphatic carbocycles. The third-order valence-electron chi connectivity index (χ3n) is 2.28. The Balaban J connectivity index is 1.98. The summed E-state index contributed by atoms with van der Waals surface area (Å²) in [4.78, 5) is 12.2. The minimum Gasteiger partial charge on any atom is -0.480 e. The van der Waals surface area contributed by atoms with Gasteiger partial charge in [-0.15, -0.1) is 0 Å². The monoisotopic (exact) mass is 199 g/mol. The molecular formula is C9H17N3O2. The number of rotatable bonds is 6. The fourth-order valence-electron chi connectivity index (χ4n) is 1.57. The van der Waals surface area contributed by atoms with Crippen LogP contribution in [0.1, 0.15) is 19.3 Å². The molecule has 80 valence electrons. The number of aliphatic carboxylic acids is 1. The van der Waals surface area contributed by atoms with Crippen molar-refractivity contribution in [1.29, 1.82) is 5.41 Å². The van der Waals surface area contributed by atoms with Crippen molar-refractivity contribution in [2.24, 2.45) is 0 Å². The van der Waals surface area contributed by atoms with Crippen LogP contribution in [-0.4, -0.2) is 48.0 Å². The van der Waals surface area contributed by atoms with Gasteiger partial charge in [0.2, 0.25) is 0 Å². The number of carboxylic acids is 1. The van der Waals surface area contributed by atoms with Gasteiger partial charge in [-0.05, 0) is 19.4 Å². The highest BCUT2D eigenvalue weighted by atomic mass is 16.4. The second kappa shape index (κ2) is 5.59. The van der Waals surface area contributed by atoms with Gasteiger partial charge in [0.15, 0.2) is 0 Å². The molecule has 0 atom stereocenters. The maximum absolute atomic E-state index is 10.2. The van der Waals surface area contributed by atoms with E-state index in [2.05, 4.69) is 10.2 Å². The molecule has 5 nitrogen and oxygen atoms in total. The van der Waals surface area contributed by atoms with Gasteiger partial charge in [-0.2, -0.15) is 0 Å². The van der Waals surface area contributed by atoms with Crippen molar-refractivity contribution in [3.8, 4) is 0 Å². The number of hydrogen-bond acceptors (Lipinski definition) is 3. The molecule has 0 radical (unpaired) electrons. The molecule has 1 aliphatic heterocycles. The van der Waals surface area contributed by atoms with E-state index in [0.29, 0.717) is 6.54 Å². The van der Waals surface area contributed by atoms with Gasteiger partial charge >= 0.3 is 5.97 Å². The summed E-state index contributed by atoms with van der Waals surface area (Å²) in [6.07, 6.45) is 2.87. The van der Waals surface area contributed by atoms with E-state index in [1.54, 1.807) is 0 Å². The first-order valence-electron chi connectivity index (χ1n) is 4.95. The summed E-state index contributed by atoms with van der Waals surface area (Å²) in [6.45, 7) is 2.58. The lowest BCUT2D eigenvalue weighted by Crippen LogP contribution is -2.29. The molecule has 0 aromatic heterocycles. The average molecular weight is 199 g/mol. The van der Waals surface area contributed by atoms with Gasteiger partial charge in [0.05, 0.1) is 12.4 Å². The van der Waals surface area contributed by atoms with E-state index in [4.69, 9.17) is 10.5 Å². The number of amidine groups is 1. The van der Waals surface area contributed by atoms with E-state index >= 15 is 0 Å². The Kier molecular flexibility index (Phi) is 4.39. The maximum Gasteiger partial charge on any atom is 0.317 e. The summed E-state index contributed by atoms with van der Waals surface area (Å²) >= 11 is 0. The number of likely N-dealkylation sites (tertiary alicyclic amines) is 1. The predicted octanol–water partition coefficient (Wildman–Crippen LogP) is 0.124. The summed E-state index contributed by atoms with van der Waals surface area (Å²) in [5, 5.41) is 18.8. The molecule has 1 saturated heterocycles. The highest BCUT2D eigenvalue weighted by Crippen LogP contribution is 2.09. The summed E-state index contributed by atoms with van der Waals surface area (Å²) in [5.74, 6) is -0.0952. The average Bonchev–Trinajstić information content (AvgIpc) is 2.51. The third-order valence-corrected chi connectivity index (χ3v) is 2.28. The zero-order chi connectivity index (χ0) is 10.4. The SMILES string of the molecule is N=C1CCCN1CCCNCC(=O)O. The third kappa shape index (κ3) is 3.74. The van der Waals surface area contributed by atoms with Gasteiger partial charge in [-0.25, -0.2) is 0 Å². The molecule has 1 rings (SSSR count).